The summed E-state index contributed by atoms with van der Waals surface area (Å²) in [6, 6.07) is -1.47. The van der Waals surface area contributed by atoms with Crippen molar-refractivity contribution in [2.24, 2.45) is 7.05 Å². The van der Waals surface area contributed by atoms with Crippen molar-refractivity contribution in [3.8, 4) is 0 Å². The summed E-state index contributed by atoms with van der Waals surface area (Å²) < 4.78 is 1.52. The van der Waals surface area contributed by atoms with Crippen LogP contribution in [0.25, 0.3) is 0 Å². The SMILES string of the molecule is Cn1cnc(C(=O)N[C@H](CC(=O)O)C(=O)O)c1. The van der Waals surface area contributed by atoms with Crippen LogP contribution in [0.5, 0.6) is 0 Å². The predicted octanol–water partition coefficient (Wildman–Crippen LogP) is -0.922. The number of nitrogens with zero attached hydrogens (tertiary/aromatic N) is 2. The van der Waals surface area contributed by atoms with Crippen LogP contribution in [0.15, 0.2) is 12.5 Å². The van der Waals surface area contributed by atoms with Gasteiger partial charge in [-0.25, -0.2) is 9.78 Å². The first-order chi connectivity index (χ1) is 7.90. The lowest BCUT2D eigenvalue weighted by molar-refractivity contribution is -0.145. The Balaban J connectivity index is 2.70. The van der Waals surface area contributed by atoms with E-state index in [4.69, 9.17) is 10.2 Å². The maximum absolute atomic E-state index is 11.5. The van der Waals surface area contributed by atoms with Crippen LogP contribution in [-0.2, 0) is 16.6 Å². The Hall–Kier alpha value is -2.38. The van der Waals surface area contributed by atoms with Gasteiger partial charge in [0.2, 0.25) is 0 Å². The number of carboxylic acid groups (broad SMARTS) is 2. The van der Waals surface area contributed by atoms with Crippen LogP contribution in [0, 0.1) is 0 Å². The number of carboxylic acids is 2. The van der Waals surface area contributed by atoms with Crippen molar-refractivity contribution in [3.63, 3.8) is 0 Å². The second-order valence-electron chi connectivity index (χ2n) is 3.39. The van der Waals surface area contributed by atoms with Gasteiger partial charge in [-0.2, -0.15) is 0 Å². The van der Waals surface area contributed by atoms with Gasteiger partial charge < -0.3 is 20.1 Å². The molecule has 8 heteroatoms. The van der Waals surface area contributed by atoms with Gasteiger partial charge in [0.25, 0.3) is 5.91 Å². The number of imidazole rings is 1. The highest BCUT2D eigenvalue weighted by Crippen LogP contribution is 1.98. The zero-order valence-corrected chi connectivity index (χ0v) is 8.95. The minimum atomic E-state index is -1.47. The summed E-state index contributed by atoms with van der Waals surface area (Å²) in [5, 5.41) is 19.3. The van der Waals surface area contributed by atoms with Crippen LogP contribution in [0.4, 0.5) is 0 Å². The summed E-state index contributed by atoms with van der Waals surface area (Å²) in [6.45, 7) is 0. The number of rotatable bonds is 5. The number of hydrogen-bond donors (Lipinski definition) is 3. The van der Waals surface area contributed by atoms with Gasteiger partial charge in [0.15, 0.2) is 0 Å². The first kappa shape index (κ1) is 12.7. The average Bonchev–Trinajstić information content (AvgIpc) is 2.63. The molecule has 1 amide bonds. The predicted molar refractivity (Wildman–Crippen MR) is 54.4 cm³/mol. The largest absolute Gasteiger partial charge is 0.481 e. The van der Waals surface area contributed by atoms with E-state index in [0.717, 1.165) is 0 Å². The van der Waals surface area contributed by atoms with Crippen LogP contribution in [0.2, 0.25) is 0 Å². The van der Waals surface area contributed by atoms with E-state index in [0.29, 0.717) is 0 Å². The summed E-state index contributed by atoms with van der Waals surface area (Å²) in [4.78, 5) is 36.3. The molecular formula is C9H11N3O5. The van der Waals surface area contributed by atoms with E-state index in [1.807, 2.05) is 0 Å². The van der Waals surface area contributed by atoms with Gasteiger partial charge in [-0.1, -0.05) is 0 Å². The van der Waals surface area contributed by atoms with Crippen molar-refractivity contribution >= 4 is 17.8 Å². The zero-order chi connectivity index (χ0) is 13.0. The van der Waals surface area contributed by atoms with Crippen LogP contribution in [0.3, 0.4) is 0 Å². The lowest BCUT2D eigenvalue weighted by Gasteiger charge is -2.10. The van der Waals surface area contributed by atoms with E-state index in [-0.39, 0.29) is 5.69 Å². The highest BCUT2D eigenvalue weighted by atomic mass is 16.4. The molecule has 0 aliphatic rings. The summed E-state index contributed by atoms with van der Waals surface area (Å²) in [5.74, 6) is -3.44. The van der Waals surface area contributed by atoms with E-state index in [2.05, 4.69) is 10.3 Å². The molecule has 8 nitrogen and oxygen atoms in total. The number of aryl methyl sites for hydroxylation is 1. The van der Waals surface area contributed by atoms with Crippen molar-refractivity contribution in [3.05, 3.63) is 18.2 Å². The molecule has 1 rings (SSSR count). The first-order valence-electron chi connectivity index (χ1n) is 4.63. The monoisotopic (exact) mass is 241 g/mol. The summed E-state index contributed by atoms with van der Waals surface area (Å²) >= 11 is 0. The van der Waals surface area contributed by atoms with E-state index < -0.39 is 30.3 Å². The van der Waals surface area contributed by atoms with Crippen LogP contribution < -0.4 is 5.32 Å². The molecule has 17 heavy (non-hydrogen) atoms. The summed E-state index contributed by atoms with van der Waals surface area (Å²) in [5.41, 5.74) is 0.0316. The molecule has 0 saturated heterocycles. The molecule has 0 aliphatic heterocycles. The fraction of sp³-hybridized carbons (Fsp3) is 0.333. The molecule has 1 atom stereocenters. The van der Waals surface area contributed by atoms with Crippen molar-refractivity contribution in [1.82, 2.24) is 14.9 Å². The highest BCUT2D eigenvalue weighted by Gasteiger charge is 2.24. The Bertz CT molecular complexity index is 453. The molecule has 0 aromatic carbocycles. The molecule has 0 spiro atoms. The number of aromatic nitrogens is 2. The van der Waals surface area contributed by atoms with Gasteiger partial charge in [-0.15, -0.1) is 0 Å². The maximum atomic E-state index is 11.5. The third-order valence-corrected chi connectivity index (χ3v) is 1.92. The minimum Gasteiger partial charge on any atom is -0.481 e. The van der Waals surface area contributed by atoms with Crippen molar-refractivity contribution in [2.45, 2.75) is 12.5 Å². The summed E-state index contributed by atoms with van der Waals surface area (Å²) in [7, 11) is 1.65. The van der Waals surface area contributed by atoms with Gasteiger partial charge in [0.1, 0.15) is 11.7 Å². The lowest BCUT2D eigenvalue weighted by Crippen LogP contribution is -2.42. The molecule has 0 radical (unpaired) electrons. The van der Waals surface area contributed by atoms with Gasteiger partial charge in [0, 0.05) is 13.2 Å². The van der Waals surface area contributed by atoms with Crippen LogP contribution in [0.1, 0.15) is 16.9 Å². The Kier molecular flexibility index (Phi) is 3.81. The summed E-state index contributed by atoms with van der Waals surface area (Å²) in [6.07, 6.45) is 2.09. The third-order valence-electron chi connectivity index (χ3n) is 1.92. The number of nitrogens with one attached hydrogen (secondary N) is 1. The van der Waals surface area contributed by atoms with E-state index in [1.54, 1.807) is 7.05 Å². The molecule has 92 valence electrons. The highest BCUT2D eigenvalue weighted by molar-refractivity contribution is 5.95. The van der Waals surface area contributed by atoms with Crippen molar-refractivity contribution in [2.75, 3.05) is 0 Å². The molecule has 0 aliphatic carbocycles. The number of amides is 1. The van der Waals surface area contributed by atoms with Crippen LogP contribution in [-0.4, -0.2) is 43.7 Å². The number of carbonyl (C=O) groups excluding carboxylic acids is 1. The molecule has 1 aromatic heterocycles. The van der Waals surface area contributed by atoms with Crippen molar-refractivity contribution < 1.29 is 24.6 Å². The van der Waals surface area contributed by atoms with Crippen LogP contribution >= 0.6 is 0 Å². The van der Waals surface area contributed by atoms with Gasteiger partial charge >= 0.3 is 11.9 Å². The first-order valence-corrected chi connectivity index (χ1v) is 4.63. The smallest absolute Gasteiger partial charge is 0.326 e. The second kappa shape index (κ2) is 5.10. The zero-order valence-electron chi connectivity index (χ0n) is 8.95. The fourth-order valence-electron chi connectivity index (χ4n) is 1.14. The molecule has 3 N–H and O–H groups in total. The number of aliphatic carboxylic acids is 2. The van der Waals surface area contributed by atoms with E-state index in [1.165, 1.54) is 17.1 Å². The molecule has 0 saturated carbocycles. The molecule has 1 heterocycles. The quantitative estimate of drug-likeness (QED) is 0.612. The molecule has 0 fully saturated rings. The fourth-order valence-corrected chi connectivity index (χ4v) is 1.14. The second-order valence-corrected chi connectivity index (χ2v) is 3.39. The van der Waals surface area contributed by atoms with Gasteiger partial charge in [-0.3, -0.25) is 9.59 Å². The van der Waals surface area contributed by atoms with Gasteiger partial charge in [-0.05, 0) is 0 Å². The van der Waals surface area contributed by atoms with E-state index in [9.17, 15) is 14.4 Å². The number of hydrogen-bond acceptors (Lipinski definition) is 4. The Morgan fingerprint density at radius 3 is 2.53 bits per heavy atom. The third kappa shape index (κ3) is 3.59. The maximum Gasteiger partial charge on any atom is 0.326 e. The standard InChI is InChI=1S/C9H11N3O5/c1-12-3-6(10-4-12)8(15)11-5(9(16)17)2-7(13)14/h3-5H,2H2,1H3,(H,11,15)(H,13,14)(H,16,17)/t5-/m1/s1. The van der Waals surface area contributed by atoms with E-state index >= 15 is 0 Å². The topological polar surface area (TPSA) is 122 Å². The molecule has 1 aromatic rings. The Labute approximate surface area is 95.9 Å². The van der Waals surface area contributed by atoms with Crippen molar-refractivity contribution in [1.29, 1.82) is 0 Å². The Morgan fingerprint density at radius 1 is 1.47 bits per heavy atom. The molecule has 0 unspecified atom stereocenters. The Morgan fingerprint density at radius 2 is 2.12 bits per heavy atom. The lowest BCUT2D eigenvalue weighted by atomic mass is 10.2. The normalized spacial score (nSPS) is 11.8. The molecule has 0 bridgehead atoms. The molecular weight excluding hydrogens is 230 g/mol. The number of carbonyl (C=O) groups is 3. The minimum absolute atomic E-state index is 0.0316. The van der Waals surface area contributed by atoms with Gasteiger partial charge in [0.05, 0.1) is 12.7 Å². The average molecular weight is 241 g/mol.